The minimum absolute atomic E-state index is 0.0198. The zero-order valence-electron chi connectivity index (χ0n) is 10.8. The lowest BCUT2D eigenvalue weighted by atomic mass is 10.00. The van der Waals surface area contributed by atoms with Crippen LogP contribution in [0.3, 0.4) is 0 Å². The highest BCUT2D eigenvalue weighted by atomic mass is 35.5. The fourth-order valence-electron chi connectivity index (χ4n) is 2.13. The molecule has 1 aliphatic heterocycles. The predicted octanol–water partition coefficient (Wildman–Crippen LogP) is 2.44. The van der Waals surface area contributed by atoms with Gasteiger partial charge in [-0.15, -0.1) is 11.6 Å². The Labute approximate surface area is 113 Å². The van der Waals surface area contributed by atoms with Gasteiger partial charge in [0.1, 0.15) is 5.38 Å². The Kier molecular flexibility index (Phi) is 4.25. The van der Waals surface area contributed by atoms with Crippen LogP contribution in [-0.2, 0) is 9.53 Å². The summed E-state index contributed by atoms with van der Waals surface area (Å²) < 4.78 is 5.24. The van der Waals surface area contributed by atoms with Gasteiger partial charge in [-0.05, 0) is 30.5 Å². The number of rotatable bonds is 2. The molecule has 98 valence electrons. The van der Waals surface area contributed by atoms with Crippen LogP contribution in [0.4, 0.5) is 0 Å². The highest BCUT2D eigenvalue weighted by molar-refractivity contribution is 6.30. The molecule has 1 heterocycles. The highest BCUT2D eigenvalue weighted by Gasteiger charge is 2.26. The summed E-state index contributed by atoms with van der Waals surface area (Å²) in [5, 5.41) is -0.594. The molecular weight excluding hydrogens is 250 g/mol. The fourth-order valence-corrected chi connectivity index (χ4v) is 2.50. The molecule has 1 saturated heterocycles. The predicted molar refractivity (Wildman–Crippen MR) is 71.9 cm³/mol. The molecule has 1 unspecified atom stereocenters. The van der Waals surface area contributed by atoms with Crippen molar-refractivity contribution in [1.29, 1.82) is 0 Å². The number of nitrogens with zero attached hydrogens (tertiary/aromatic N) is 1. The lowest BCUT2D eigenvalue weighted by Crippen LogP contribution is -2.42. The van der Waals surface area contributed by atoms with Crippen LogP contribution in [0.5, 0.6) is 0 Å². The maximum absolute atomic E-state index is 12.3. The van der Waals surface area contributed by atoms with Crippen molar-refractivity contribution in [2.24, 2.45) is 0 Å². The number of benzene rings is 1. The molecule has 1 aromatic rings. The van der Waals surface area contributed by atoms with E-state index in [9.17, 15) is 4.79 Å². The lowest BCUT2D eigenvalue weighted by Gasteiger charge is -2.29. The van der Waals surface area contributed by atoms with E-state index >= 15 is 0 Å². The molecule has 0 bridgehead atoms. The van der Waals surface area contributed by atoms with Crippen LogP contribution >= 0.6 is 11.6 Å². The van der Waals surface area contributed by atoms with Crippen molar-refractivity contribution < 1.29 is 9.53 Å². The standard InChI is InChI=1S/C14H18ClNO2/c1-10-4-3-5-12(11(10)2)13(15)14(17)16-6-8-18-9-7-16/h3-5,13H,6-9H2,1-2H3. The first kappa shape index (κ1) is 13.4. The van der Waals surface area contributed by atoms with Gasteiger partial charge in [-0.3, -0.25) is 4.79 Å². The van der Waals surface area contributed by atoms with E-state index in [1.807, 2.05) is 32.0 Å². The zero-order valence-corrected chi connectivity index (χ0v) is 11.5. The smallest absolute Gasteiger partial charge is 0.245 e. The quantitative estimate of drug-likeness (QED) is 0.771. The van der Waals surface area contributed by atoms with Gasteiger partial charge in [-0.25, -0.2) is 0 Å². The molecule has 18 heavy (non-hydrogen) atoms. The Balaban J connectivity index is 2.17. The normalized spacial score (nSPS) is 17.6. The second kappa shape index (κ2) is 5.72. The third-order valence-electron chi connectivity index (χ3n) is 3.46. The van der Waals surface area contributed by atoms with Gasteiger partial charge < -0.3 is 9.64 Å². The molecule has 1 fully saturated rings. The number of amides is 1. The molecular formula is C14H18ClNO2. The second-order valence-electron chi connectivity index (χ2n) is 4.59. The summed E-state index contributed by atoms with van der Waals surface area (Å²) in [6, 6.07) is 5.90. The maximum atomic E-state index is 12.3. The number of carbonyl (C=O) groups excluding carboxylic acids is 1. The van der Waals surface area contributed by atoms with Gasteiger partial charge >= 0.3 is 0 Å². The van der Waals surface area contributed by atoms with Crippen molar-refractivity contribution in [2.75, 3.05) is 26.3 Å². The van der Waals surface area contributed by atoms with E-state index in [0.29, 0.717) is 26.3 Å². The Morgan fingerprint density at radius 2 is 2.00 bits per heavy atom. The van der Waals surface area contributed by atoms with Crippen molar-refractivity contribution in [1.82, 2.24) is 4.90 Å². The van der Waals surface area contributed by atoms with Crippen LogP contribution in [-0.4, -0.2) is 37.1 Å². The van der Waals surface area contributed by atoms with Gasteiger partial charge in [-0.1, -0.05) is 18.2 Å². The third kappa shape index (κ3) is 2.68. The van der Waals surface area contributed by atoms with Gasteiger partial charge in [0.2, 0.25) is 5.91 Å². The van der Waals surface area contributed by atoms with Crippen molar-refractivity contribution in [3.05, 3.63) is 34.9 Å². The van der Waals surface area contributed by atoms with E-state index in [4.69, 9.17) is 16.3 Å². The Morgan fingerprint density at radius 1 is 1.33 bits per heavy atom. The van der Waals surface area contributed by atoms with Gasteiger partial charge in [0, 0.05) is 13.1 Å². The molecule has 2 rings (SSSR count). The SMILES string of the molecule is Cc1cccc(C(Cl)C(=O)N2CCOCC2)c1C. The van der Waals surface area contributed by atoms with E-state index < -0.39 is 5.38 Å². The number of morpholine rings is 1. The Hall–Kier alpha value is -1.06. The molecule has 4 heteroatoms. The summed E-state index contributed by atoms with van der Waals surface area (Å²) in [5.74, 6) is -0.0198. The largest absolute Gasteiger partial charge is 0.378 e. The molecule has 1 aromatic carbocycles. The number of carbonyl (C=O) groups is 1. The fraction of sp³-hybridized carbons (Fsp3) is 0.500. The topological polar surface area (TPSA) is 29.5 Å². The average molecular weight is 268 g/mol. The molecule has 0 radical (unpaired) electrons. The number of alkyl halides is 1. The first-order valence-corrected chi connectivity index (χ1v) is 6.61. The molecule has 1 atom stereocenters. The average Bonchev–Trinajstić information content (AvgIpc) is 2.41. The molecule has 0 aromatic heterocycles. The summed E-state index contributed by atoms with van der Waals surface area (Å²) in [4.78, 5) is 14.1. The van der Waals surface area contributed by atoms with Gasteiger partial charge in [0.25, 0.3) is 0 Å². The minimum atomic E-state index is -0.594. The van der Waals surface area contributed by atoms with E-state index in [-0.39, 0.29) is 5.91 Å². The Morgan fingerprint density at radius 3 is 2.67 bits per heavy atom. The van der Waals surface area contributed by atoms with Crippen LogP contribution in [0, 0.1) is 13.8 Å². The van der Waals surface area contributed by atoms with E-state index in [2.05, 4.69) is 0 Å². The molecule has 0 aliphatic carbocycles. The number of hydrogen-bond donors (Lipinski definition) is 0. The molecule has 0 N–H and O–H groups in total. The lowest BCUT2D eigenvalue weighted by molar-refractivity contribution is -0.134. The molecule has 1 amide bonds. The number of halogens is 1. The minimum Gasteiger partial charge on any atom is -0.378 e. The number of aryl methyl sites for hydroxylation is 1. The maximum Gasteiger partial charge on any atom is 0.245 e. The molecule has 0 spiro atoms. The van der Waals surface area contributed by atoms with Crippen molar-refractivity contribution in [3.63, 3.8) is 0 Å². The highest BCUT2D eigenvalue weighted by Crippen LogP contribution is 2.27. The summed E-state index contributed by atoms with van der Waals surface area (Å²) in [7, 11) is 0. The summed E-state index contributed by atoms with van der Waals surface area (Å²) in [6.07, 6.45) is 0. The second-order valence-corrected chi connectivity index (χ2v) is 5.03. The van der Waals surface area contributed by atoms with Gasteiger partial charge in [-0.2, -0.15) is 0 Å². The van der Waals surface area contributed by atoms with Crippen LogP contribution in [0.1, 0.15) is 22.1 Å². The van der Waals surface area contributed by atoms with Crippen LogP contribution in [0.15, 0.2) is 18.2 Å². The third-order valence-corrected chi connectivity index (χ3v) is 3.88. The molecule has 3 nitrogen and oxygen atoms in total. The molecule has 0 saturated carbocycles. The van der Waals surface area contributed by atoms with Crippen LogP contribution in [0.25, 0.3) is 0 Å². The van der Waals surface area contributed by atoms with E-state index in [1.165, 1.54) is 0 Å². The summed E-state index contributed by atoms with van der Waals surface area (Å²) >= 11 is 6.34. The first-order chi connectivity index (χ1) is 8.61. The van der Waals surface area contributed by atoms with E-state index in [1.54, 1.807) is 4.90 Å². The summed E-state index contributed by atoms with van der Waals surface area (Å²) in [6.45, 7) is 6.50. The molecule has 1 aliphatic rings. The Bertz CT molecular complexity index is 441. The van der Waals surface area contributed by atoms with Gasteiger partial charge in [0.15, 0.2) is 0 Å². The van der Waals surface area contributed by atoms with Crippen molar-refractivity contribution >= 4 is 17.5 Å². The van der Waals surface area contributed by atoms with Crippen molar-refractivity contribution in [2.45, 2.75) is 19.2 Å². The van der Waals surface area contributed by atoms with E-state index in [0.717, 1.165) is 16.7 Å². The monoisotopic (exact) mass is 267 g/mol. The number of hydrogen-bond acceptors (Lipinski definition) is 2. The summed E-state index contributed by atoms with van der Waals surface area (Å²) in [5.41, 5.74) is 3.17. The van der Waals surface area contributed by atoms with Crippen LogP contribution < -0.4 is 0 Å². The van der Waals surface area contributed by atoms with Gasteiger partial charge in [0.05, 0.1) is 13.2 Å². The van der Waals surface area contributed by atoms with Crippen LogP contribution in [0.2, 0.25) is 0 Å². The zero-order chi connectivity index (χ0) is 13.1. The number of ether oxygens (including phenoxy) is 1. The van der Waals surface area contributed by atoms with Crippen molar-refractivity contribution in [3.8, 4) is 0 Å². The first-order valence-electron chi connectivity index (χ1n) is 6.18.